The SMILES string of the molecule is O=CNC[C@H](O)CN1CCC2=CC[C@H](/C=C\C=C2)C1. The maximum atomic E-state index is 10.2. The number of allylic oxidation sites excluding steroid dienone is 4. The van der Waals surface area contributed by atoms with Crippen LogP contribution in [0.15, 0.2) is 36.0 Å². The summed E-state index contributed by atoms with van der Waals surface area (Å²) in [6.45, 7) is 2.86. The van der Waals surface area contributed by atoms with Crippen molar-refractivity contribution in [3.63, 3.8) is 0 Å². The lowest BCUT2D eigenvalue weighted by Gasteiger charge is -2.30. The van der Waals surface area contributed by atoms with E-state index in [2.05, 4.69) is 40.6 Å². The van der Waals surface area contributed by atoms with Crippen LogP contribution in [0.4, 0.5) is 0 Å². The van der Waals surface area contributed by atoms with Crippen molar-refractivity contribution in [1.29, 1.82) is 0 Å². The standard InChI is InChI=1S/C15H22N2O2/c18-12-16-9-15(19)11-17-8-7-13-3-1-2-4-14(10-17)6-5-13/h1-5,12,14-15,19H,6-11H2,(H,16,18)/b3-1?,4-2-,13-5?/t14-,15-/m0/s1. The molecule has 1 heterocycles. The number of hydrogen-bond acceptors (Lipinski definition) is 3. The van der Waals surface area contributed by atoms with E-state index in [1.54, 1.807) is 0 Å². The van der Waals surface area contributed by atoms with Gasteiger partial charge in [0.2, 0.25) is 6.41 Å². The van der Waals surface area contributed by atoms with Crippen LogP contribution in [-0.2, 0) is 4.79 Å². The van der Waals surface area contributed by atoms with Gasteiger partial charge in [-0.05, 0) is 18.8 Å². The normalized spacial score (nSPS) is 26.6. The minimum absolute atomic E-state index is 0.323. The second-order valence-electron chi connectivity index (χ2n) is 5.21. The molecule has 1 aliphatic carbocycles. The Bertz CT molecular complexity index is 388. The molecule has 4 nitrogen and oxygen atoms in total. The smallest absolute Gasteiger partial charge is 0.207 e. The third-order valence-corrected chi connectivity index (χ3v) is 3.60. The molecule has 19 heavy (non-hydrogen) atoms. The summed E-state index contributed by atoms with van der Waals surface area (Å²) in [5, 5.41) is 12.4. The predicted octanol–water partition coefficient (Wildman–Crippen LogP) is 0.858. The van der Waals surface area contributed by atoms with Crippen molar-refractivity contribution >= 4 is 6.41 Å². The lowest BCUT2D eigenvalue weighted by Crippen LogP contribution is -2.41. The van der Waals surface area contributed by atoms with Gasteiger partial charge in [0, 0.05) is 26.2 Å². The number of aliphatic hydroxyl groups excluding tert-OH is 1. The zero-order valence-electron chi connectivity index (χ0n) is 11.2. The molecule has 0 saturated heterocycles. The molecule has 0 saturated carbocycles. The van der Waals surface area contributed by atoms with E-state index in [9.17, 15) is 9.90 Å². The first-order valence-electron chi connectivity index (χ1n) is 6.89. The van der Waals surface area contributed by atoms with E-state index in [1.807, 2.05) is 0 Å². The van der Waals surface area contributed by atoms with Gasteiger partial charge in [0.25, 0.3) is 0 Å². The molecule has 1 amide bonds. The van der Waals surface area contributed by atoms with Gasteiger partial charge >= 0.3 is 0 Å². The lowest BCUT2D eigenvalue weighted by molar-refractivity contribution is -0.110. The number of rotatable bonds is 5. The Balaban J connectivity index is 1.93. The highest BCUT2D eigenvalue weighted by Gasteiger charge is 2.18. The maximum absolute atomic E-state index is 10.2. The van der Waals surface area contributed by atoms with E-state index < -0.39 is 6.10 Å². The summed E-state index contributed by atoms with van der Waals surface area (Å²) in [5.41, 5.74) is 1.37. The van der Waals surface area contributed by atoms with Crippen LogP contribution in [-0.4, -0.2) is 48.7 Å². The molecule has 2 bridgehead atoms. The number of nitrogens with one attached hydrogen (secondary N) is 1. The van der Waals surface area contributed by atoms with Gasteiger partial charge in [-0.1, -0.05) is 36.0 Å². The Morgan fingerprint density at radius 2 is 2.42 bits per heavy atom. The molecule has 2 rings (SSSR count). The largest absolute Gasteiger partial charge is 0.390 e. The van der Waals surface area contributed by atoms with Gasteiger partial charge in [0.05, 0.1) is 6.10 Å². The average Bonchev–Trinajstić information content (AvgIpc) is 2.37. The minimum Gasteiger partial charge on any atom is -0.390 e. The van der Waals surface area contributed by atoms with E-state index in [4.69, 9.17) is 0 Å². The minimum atomic E-state index is -0.500. The molecule has 2 atom stereocenters. The first-order valence-corrected chi connectivity index (χ1v) is 6.89. The fourth-order valence-corrected chi connectivity index (χ4v) is 2.59. The average molecular weight is 262 g/mol. The molecule has 0 radical (unpaired) electrons. The van der Waals surface area contributed by atoms with Crippen molar-refractivity contribution in [3.8, 4) is 0 Å². The number of carbonyl (C=O) groups is 1. The van der Waals surface area contributed by atoms with Gasteiger partial charge in [-0.15, -0.1) is 0 Å². The van der Waals surface area contributed by atoms with Crippen LogP contribution in [0.1, 0.15) is 12.8 Å². The highest BCUT2D eigenvalue weighted by Crippen LogP contribution is 2.20. The molecule has 0 fully saturated rings. The highest BCUT2D eigenvalue weighted by atomic mass is 16.3. The molecular weight excluding hydrogens is 240 g/mol. The van der Waals surface area contributed by atoms with Gasteiger partial charge in [-0.3, -0.25) is 9.69 Å². The molecular formula is C15H22N2O2. The fraction of sp³-hybridized carbons (Fsp3) is 0.533. The number of β-amino-alcohol motifs (C(OH)–C–C–N with tert-alkyl or cyclic N) is 1. The van der Waals surface area contributed by atoms with Crippen LogP contribution in [0, 0.1) is 5.92 Å². The van der Waals surface area contributed by atoms with Crippen molar-refractivity contribution in [1.82, 2.24) is 10.2 Å². The molecule has 0 unspecified atom stereocenters. The Labute approximate surface area is 114 Å². The molecule has 104 valence electrons. The molecule has 1 aliphatic heterocycles. The summed E-state index contributed by atoms with van der Waals surface area (Å²) >= 11 is 0. The monoisotopic (exact) mass is 262 g/mol. The third kappa shape index (κ3) is 4.65. The molecule has 4 heteroatoms. The van der Waals surface area contributed by atoms with Gasteiger partial charge < -0.3 is 10.4 Å². The van der Waals surface area contributed by atoms with Crippen LogP contribution < -0.4 is 5.32 Å². The Hall–Kier alpha value is -1.39. The summed E-state index contributed by atoms with van der Waals surface area (Å²) in [4.78, 5) is 12.5. The van der Waals surface area contributed by atoms with Crippen molar-refractivity contribution in [3.05, 3.63) is 36.0 Å². The van der Waals surface area contributed by atoms with Crippen molar-refractivity contribution < 1.29 is 9.90 Å². The number of nitrogens with zero attached hydrogens (tertiary/aromatic N) is 1. The first kappa shape index (κ1) is 14.0. The number of amides is 1. The van der Waals surface area contributed by atoms with Gasteiger partial charge in [0.15, 0.2) is 0 Å². The predicted molar refractivity (Wildman–Crippen MR) is 75.6 cm³/mol. The second-order valence-corrected chi connectivity index (χ2v) is 5.21. The number of hydrogen-bond donors (Lipinski definition) is 2. The van der Waals surface area contributed by atoms with Crippen molar-refractivity contribution in [2.24, 2.45) is 5.92 Å². The van der Waals surface area contributed by atoms with Gasteiger partial charge in [-0.25, -0.2) is 0 Å². The number of fused-ring (bicyclic) bond motifs is 2. The van der Waals surface area contributed by atoms with Crippen LogP contribution in [0.3, 0.4) is 0 Å². The van der Waals surface area contributed by atoms with Crippen LogP contribution in [0.5, 0.6) is 0 Å². The zero-order valence-corrected chi connectivity index (χ0v) is 11.2. The molecule has 2 aliphatic rings. The van der Waals surface area contributed by atoms with E-state index in [0.717, 1.165) is 25.9 Å². The first-order chi connectivity index (χ1) is 9.28. The summed E-state index contributed by atoms with van der Waals surface area (Å²) in [7, 11) is 0. The molecule has 0 spiro atoms. The zero-order chi connectivity index (χ0) is 13.5. The molecule has 2 N–H and O–H groups in total. The van der Waals surface area contributed by atoms with E-state index in [0.29, 0.717) is 25.4 Å². The van der Waals surface area contributed by atoms with Crippen molar-refractivity contribution in [2.45, 2.75) is 18.9 Å². The van der Waals surface area contributed by atoms with E-state index >= 15 is 0 Å². The Kier molecular flexibility index (Phi) is 5.36. The number of carbonyl (C=O) groups excluding carboxylic acids is 1. The van der Waals surface area contributed by atoms with E-state index in [-0.39, 0.29) is 0 Å². The quantitative estimate of drug-likeness (QED) is 0.723. The molecule has 0 aromatic heterocycles. The highest BCUT2D eigenvalue weighted by molar-refractivity contribution is 5.45. The summed E-state index contributed by atoms with van der Waals surface area (Å²) in [6.07, 6.45) is 13.2. The number of aliphatic hydroxyl groups is 1. The van der Waals surface area contributed by atoms with E-state index in [1.165, 1.54) is 5.57 Å². The second kappa shape index (κ2) is 7.26. The molecule has 0 aromatic rings. The van der Waals surface area contributed by atoms with Crippen molar-refractivity contribution in [2.75, 3.05) is 26.2 Å². The summed E-state index contributed by atoms with van der Waals surface area (Å²) in [5.74, 6) is 0.506. The Morgan fingerprint density at radius 1 is 1.53 bits per heavy atom. The topological polar surface area (TPSA) is 52.6 Å². The fourth-order valence-electron chi connectivity index (χ4n) is 2.59. The maximum Gasteiger partial charge on any atom is 0.207 e. The summed E-state index contributed by atoms with van der Waals surface area (Å²) < 4.78 is 0. The van der Waals surface area contributed by atoms with Gasteiger partial charge in [0.1, 0.15) is 0 Å². The van der Waals surface area contributed by atoms with Gasteiger partial charge in [-0.2, -0.15) is 0 Å². The molecule has 0 aromatic carbocycles. The summed E-state index contributed by atoms with van der Waals surface area (Å²) in [6, 6.07) is 0. The van der Waals surface area contributed by atoms with Crippen LogP contribution in [0.2, 0.25) is 0 Å². The third-order valence-electron chi connectivity index (χ3n) is 3.60. The lowest BCUT2D eigenvalue weighted by atomic mass is 9.96. The Morgan fingerprint density at radius 3 is 3.26 bits per heavy atom. The van der Waals surface area contributed by atoms with Crippen LogP contribution >= 0.6 is 0 Å². The van der Waals surface area contributed by atoms with Crippen LogP contribution in [0.25, 0.3) is 0 Å².